The minimum Gasteiger partial charge on any atom is -0.490 e. The van der Waals surface area contributed by atoms with Crippen LogP contribution >= 0.6 is 11.6 Å². The first-order valence-electron chi connectivity index (χ1n) is 9.11. The second kappa shape index (κ2) is 9.12. The van der Waals surface area contributed by atoms with Crippen molar-refractivity contribution in [2.24, 2.45) is 0 Å². The predicted molar refractivity (Wildman–Crippen MR) is 102 cm³/mol. The van der Waals surface area contributed by atoms with Gasteiger partial charge in [0.1, 0.15) is 6.61 Å². The van der Waals surface area contributed by atoms with E-state index in [2.05, 4.69) is 17.4 Å². The third-order valence-electron chi connectivity index (χ3n) is 4.54. The summed E-state index contributed by atoms with van der Waals surface area (Å²) < 4.78 is 11.7. The normalized spacial score (nSPS) is 14.6. The number of hydrogen-bond donors (Lipinski definition) is 1. The van der Waals surface area contributed by atoms with Crippen LogP contribution < -0.4 is 14.8 Å². The Hall–Kier alpha value is -1.71. The summed E-state index contributed by atoms with van der Waals surface area (Å²) >= 11 is 6.03. The highest BCUT2D eigenvalue weighted by atomic mass is 35.5. The molecule has 134 valence electrons. The fraction of sp³-hybridized carbons (Fsp3) is 0.429. The molecular weight excluding hydrogens is 334 g/mol. The molecule has 3 nitrogen and oxygen atoms in total. The number of nitrogens with one attached hydrogen (secondary N) is 1. The lowest BCUT2D eigenvalue weighted by atomic mass is 10.1. The summed E-state index contributed by atoms with van der Waals surface area (Å²) in [5.74, 6) is 1.57. The van der Waals surface area contributed by atoms with E-state index in [0.717, 1.165) is 28.6 Å². The third-order valence-corrected chi connectivity index (χ3v) is 4.78. The molecule has 0 aliphatic heterocycles. The van der Waals surface area contributed by atoms with Crippen LogP contribution in [-0.4, -0.2) is 12.6 Å². The zero-order valence-corrected chi connectivity index (χ0v) is 15.5. The van der Waals surface area contributed by atoms with Crippen molar-refractivity contribution in [3.8, 4) is 11.5 Å². The lowest BCUT2D eigenvalue weighted by Crippen LogP contribution is -2.25. The molecule has 0 unspecified atom stereocenters. The van der Waals surface area contributed by atoms with Gasteiger partial charge in [-0.25, -0.2) is 0 Å². The molecular formula is C21H26ClNO2. The van der Waals surface area contributed by atoms with Gasteiger partial charge in [0.2, 0.25) is 0 Å². The molecule has 2 aromatic rings. The van der Waals surface area contributed by atoms with E-state index in [4.69, 9.17) is 21.1 Å². The van der Waals surface area contributed by atoms with Gasteiger partial charge in [-0.05, 0) is 55.2 Å². The summed E-state index contributed by atoms with van der Waals surface area (Å²) in [6.45, 7) is 3.96. The molecule has 0 amide bonds. The van der Waals surface area contributed by atoms with Crippen LogP contribution in [0.3, 0.4) is 0 Å². The van der Waals surface area contributed by atoms with Crippen molar-refractivity contribution < 1.29 is 9.47 Å². The van der Waals surface area contributed by atoms with Crippen molar-refractivity contribution in [1.82, 2.24) is 5.32 Å². The first-order valence-corrected chi connectivity index (χ1v) is 9.48. The van der Waals surface area contributed by atoms with Crippen LogP contribution in [0.1, 0.15) is 43.7 Å². The first-order chi connectivity index (χ1) is 12.2. The van der Waals surface area contributed by atoms with Gasteiger partial charge in [0.15, 0.2) is 11.5 Å². The van der Waals surface area contributed by atoms with Crippen molar-refractivity contribution in [1.29, 1.82) is 0 Å². The molecule has 0 saturated heterocycles. The zero-order valence-electron chi connectivity index (χ0n) is 14.8. The van der Waals surface area contributed by atoms with Crippen LogP contribution in [-0.2, 0) is 13.2 Å². The van der Waals surface area contributed by atoms with E-state index >= 15 is 0 Å². The standard InChI is InChI=1S/C21H26ClNO2/c1-2-24-21-13-16(14-23-19-8-3-4-9-19)10-11-20(21)25-15-17-6-5-7-18(22)12-17/h5-7,10-13,19,23H,2-4,8-9,14-15H2,1H3. The van der Waals surface area contributed by atoms with Crippen LogP contribution in [0.4, 0.5) is 0 Å². The van der Waals surface area contributed by atoms with Crippen molar-refractivity contribution in [2.75, 3.05) is 6.61 Å². The Kier molecular flexibility index (Phi) is 6.60. The van der Waals surface area contributed by atoms with Crippen LogP contribution in [0.25, 0.3) is 0 Å². The van der Waals surface area contributed by atoms with E-state index in [1.165, 1.54) is 31.2 Å². The van der Waals surface area contributed by atoms with Gasteiger partial charge in [-0.2, -0.15) is 0 Å². The maximum Gasteiger partial charge on any atom is 0.161 e. The minimum absolute atomic E-state index is 0.473. The zero-order chi connectivity index (χ0) is 17.5. The molecule has 0 aromatic heterocycles. The highest BCUT2D eigenvalue weighted by molar-refractivity contribution is 6.30. The Labute approximate surface area is 155 Å². The second-order valence-electron chi connectivity index (χ2n) is 6.49. The highest BCUT2D eigenvalue weighted by Crippen LogP contribution is 2.30. The van der Waals surface area contributed by atoms with E-state index in [0.29, 0.717) is 19.3 Å². The van der Waals surface area contributed by atoms with Gasteiger partial charge in [-0.15, -0.1) is 0 Å². The molecule has 0 spiro atoms. The lowest BCUT2D eigenvalue weighted by molar-refractivity contribution is 0.269. The average molecular weight is 360 g/mol. The molecule has 1 aliphatic carbocycles. The summed E-state index contributed by atoms with van der Waals surface area (Å²) in [6.07, 6.45) is 5.27. The van der Waals surface area contributed by atoms with E-state index in [-0.39, 0.29) is 0 Å². The van der Waals surface area contributed by atoms with Gasteiger partial charge in [-0.3, -0.25) is 0 Å². The average Bonchev–Trinajstić information content (AvgIpc) is 3.13. The van der Waals surface area contributed by atoms with Gasteiger partial charge in [0, 0.05) is 17.6 Å². The number of benzene rings is 2. The monoisotopic (exact) mass is 359 g/mol. The summed E-state index contributed by atoms with van der Waals surface area (Å²) in [7, 11) is 0. The summed E-state index contributed by atoms with van der Waals surface area (Å²) in [5, 5.41) is 4.36. The molecule has 0 radical (unpaired) electrons. The number of rotatable bonds is 8. The molecule has 1 N–H and O–H groups in total. The summed E-state index contributed by atoms with van der Waals surface area (Å²) in [5.41, 5.74) is 2.27. The van der Waals surface area contributed by atoms with Gasteiger partial charge in [0.05, 0.1) is 6.61 Å². The number of hydrogen-bond acceptors (Lipinski definition) is 3. The Morgan fingerprint density at radius 3 is 2.60 bits per heavy atom. The molecule has 2 aromatic carbocycles. The van der Waals surface area contributed by atoms with Crippen LogP contribution in [0.5, 0.6) is 11.5 Å². The SMILES string of the molecule is CCOc1cc(CNC2CCCC2)ccc1OCc1cccc(Cl)c1. The molecule has 0 heterocycles. The van der Waals surface area contributed by atoms with Gasteiger partial charge in [-0.1, -0.05) is 42.6 Å². The first kappa shape index (κ1) is 18.1. The number of halogens is 1. The van der Waals surface area contributed by atoms with E-state index in [1.807, 2.05) is 37.3 Å². The Bertz CT molecular complexity index is 683. The van der Waals surface area contributed by atoms with E-state index < -0.39 is 0 Å². The largest absolute Gasteiger partial charge is 0.490 e. The van der Waals surface area contributed by atoms with Gasteiger partial charge >= 0.3 is 0 Å². The Morgan fingerprint density at radius 2 is 1.84 bits per heavy atom. The maximum absolute atomic E-state index is 6.03. The quantitative estimate of drug-likeness (QED) is 0.689. The number of ether oxygens (including phenoxy) is 2. The fourth-order valence-electron chi connectivity index (χ4n) is 3.23. The molecule has 1 fully saturated rings. The Balaban J connectivity index is 1.63. The van der Waals surface area contributed by atoms with Gasteiger partial charge < -0.3 is 14.8 Å². The maximum atomic E-state index is 6.03. The lowest BCUT2D eigenvalue weighted by Gasteiger charge is -2.15. The van der Waals surface area contributed by atoms with E-state index in [9.17, 15) is 0 Å². The van der Waals surface area contributed by atoms with Crippen molar-refractivity contribution >= 4 is 11.6 Å². The smallest absolute Gasteiger partial charge is 0.161 e. The van der Waals surface area contributed by atoms with Crippen LogP contribution in [0, 0.1) is 0 Å². The summed E-state index contributed by atoms with van der Waals surface area (Å²) in [4.78, 5) is 0. The van der Waals surface area contributed by atoms with Crippen molar-refractivity contribution in [2.45, 2.75) is 51.8 Å². The Morgan fingerprint density at radius 1 is 1.00 bits per heavy atom. The molecule has 0 bridgehead atoms. The second-order valence-corrected chi connectivity index (χ2v) is 6.93. The van der Waals surface area contributed by atoms with Crippen molar-refractivity contribution in [3.63, 3.8) is 0 Å². The predicted octanol–water partition coefficient (Wildman–Crippen LogP) is 5.35. The third kappa shape index (κ3) is 5.38. The van der Waals surface area contributed by atoms with Gasteiger partial charge in [0.25, 0.3) is 0 Å². The fourth-order valence-corrected chi connectivity index (χ4v) is 3.44. The summed E-state index contributed by atoms with van der Waals surface area (Å²) in [6, 6.07) is 14.6. The van der Waals surface area contributed by atoms with E-state index in [1.54, 1.807) is 0 Å². The minimum atomic E-state index is 0.473. The topological polar surface area (TPSA) is 30.5 Å². The molecule has 4 heteroatoms. The van der Waals surface area contributed by atoms with Crippen LogP contribution in [0.15, 0.2) is 42.5 Å². The highest BCUT2D eigenvalue weighted by Gasteiger charge is 2.14. The van der Waals surface area contributed by atoms with Crippen LogP contribution in [0.2, 0.25) is 5.02 Å². The molecule has 25 heavy (non-hydrogen) atoms. The molecule has 3 rings (SSSR count). The molecule has 1 saturated carbocycles. The molecule has 1 aliphatic rings. The van der Waals surface area contributed by atoms with Crippen molar-refractivity contribution in [3.05, 3.63) is 58.6 Å². The molecule has 0 atom stereocenters.